The van der Waals surface area contributed by atoms with Gasteiger partial charge in [0.1, 0.15) is 6.54 Å². The maximum absolute atomic E-state index is 12.4. The summed E-state index contributed by atoms with van der Waals surface area (Å²) in [5.41, 5.74) is 2.20. The number of hydrogen-bond donors (Lipinski definition) is 1. The lowest BCUT2D eigenvalue weighted by Gasteiger charge is -2.24. The number of carbonyl (C=O) groups excluding carboxylic acids is 1. The minimum atomic E-state index is -0.990. The largest absolute Gasteiger partial charge is 0.480 e. The van der Waals surface area contributed by atoms with Crippen molar-refractivity contribution in [1.29, 1.82) is 0 Å². The Morgan fingerprint density at radius 2 is 2.22 bits per heavy atom. The van der Waals surface area contributed by atoms with Gasteiger partial charge in [-0.25, -0.2) is 0 Å². The van der Waals surface area contributed by atoms with Crippen LogP contribution in [0.1, 0.15) is 30.4 Å². The molecule has 5 nitrogen and oxygen atoms in total. The molecule has 0 bridgehead atoms. The van der Waals surface area contributed by atoms with Gasteiger partial charge < -0.3 is 14.7 Å². The van der Waals surface area contributed by atoms with Crippen LogP contribution in [0.15, 0.2) is 22.7 Å². The summed E-state index contributed by atoms with van der Waals surface area (Å²) < 4.78 is 6.56. The highest BCUT2D eigenvalue weighted by Crippen LogP contribution is 2.19. The summed E-state index contributed by atoms with van der Waals surface area (Å²) >= 11 is 3.45. The van der Waals surface area contributed by atoms with Gasteiger partial charge in [-0.2, -0.15) is 0 Å². The van der Waals surface area contributed by atoms with Crippen molar-refractivity contribution in [3.63, 3.8) is 0 Å². The zero-order valence-corrected chi connectivity index (χ0v) is 14.8. The highest BCUT2D eigenvalue weighted by Gasteiger charge is 2.24. The first-order valence-electron chi connectivity index (χ1n) is 7.82. The number of aryl methyl sites for hydroxylation is 2. The molecule has 0 aliphatic carbocycles. The van der Waals surface area contributed by atoms with Crippen LogP contribution in [0.4, 0.5) is 0 Å². The van der Waals surface area contributed by atoms with Gasteiger partial charge in [0, 0.05) is 24.0 Å². The van der Waals surface area contributed by atoms with Crippen molar-refractivity contribution in [2.45, 2.75) is 38.7 Å². The van der Waals surface area contributed by atoms with E-state index in [0.717, 1.165) is 28.4 Å². The first-order valence-corrected chi connectivity index (χ1v) is 8.61. The molecule has 126 valence electrons. The average molecular weight is 384 g/mol. The fourth-order valence-corrected chi connectivity index (χ4v) is 2.97. The number of nitrogens with zero attached hydrogens (tertiary/aromatic N) is 1. The van der Waals surface area contributed by atoms with Crippen LogP contribution in [0.5, 0.6) is 0 Å². The monoisotopic (exact) mass is 383 g/mol. The third-order valence-electron chi connectivity index (χ3n) is 3.98. The van der Waals surface area contributed by atoms with Gasteiger partial charge in [0.05, 0.1) is 6.10 Å². The summed E-state index contributed by atoms with van der Waals surface area (Å²) in [7, 11) is 0. The molecular weight excluding hydrogens is 362 g/mol. The summed E-state index contributed by atoms with van der Waals surface area (Å²) in [5.74, 6) is -1.13. The van der Waals surface area contributed by atoms with Crippen LogP contribution in [-0.4, -0.2) is 47.7 Å². The second-order valence-corrected chi connectivity index (χ2v) is 6.74. The number of carboxylic acids is 1. The number of amides is 1. The lowest BCUT2D eigenvalue weighted by Crippen LogP contribution is -2.40. The molecule has 2 rings (SSSR count). The number of aliphatic carboxylic acids is 1. The first-order chi connectivity index (χ1) is 11.0. The van der Waals surface area contributed by atoms with Crippen LogP contribution in [0.2, 0.25) is 0 Å². The van der Waals surface area contributed by atoms with Gasteiger partial charge in [0.25, 0.3) is 0 Å². The molecule has 0 radical (unpaired) electrons. The average Bonchev–Trinajstić information content (AvgIpc) is 3.00. The number of carboxylic acid groups (broad SMARTS) is 1. The van der Waals surface area contributed by atoms with E-state index in [-0.39, 0.29) is 18.6 Å². The number of benzene rings is 1. The molecule has 1 fully saturated rings. The predicted octanol–water partition coefficient (Wildman–Crippen LogP) is 2.78. The normalized spacial score (nSPS) is 17.2. The molecule has 1 amide bonds. The van der Waals surface area contributed by atoms with E-state index >= 15 is 0 Å². The standard InChI is InChI=1S/C17H22BrNO4/c1-12-9-13(4-6-15(12)18)5-7-16(20)19(11-17(21)22)10-14-3-2-8-23-14/h4,6,9,14H,2-3,5,7-8,10-11H2,1H3,(H,21,22)/t14-/m1/s1. The van der Waals surface area contributed by atoms with Crippen molar-refractivity contribution in [3.8, 4) is 0 Å². The highest BCUT2D eigenvalue weighted by atomic mass is 79.9. The fraction of sp³-hybridized carbons (Fsp3) is 0.529. The fourth-order valence-electron chi connectivity index (χ4n) is 2.72. The third-order valence-corrected chi connectivity index (χ3v) is 4.87. The minimum absolute atomic E-state index is 0.0341. The van der Waals surface area contributed by atoms with E-state index in [4.69, 9.17) is 9.84 Å². The SMILES string of the molecule is Cc1cc(CCC(=O)N(CC(=O)O)C[C@H]2CCCO2)ccc1Br. The minimum Gasteiger partial charge on any atom is -0.480 e. The topological polar surface area (TPSA) is 66.8 Å². The quantitative estimate of drug-likeness (QED) is 0.785. The van der Waals surface area contributed by atoms with E-state index in [1.54, 1.807) is 0 Å². The lowest BCUT2D eigenvalue weighted by molar-refractivity contribution is -0.145. The van der Waals surface area contributed by atoms with Gasteiger partial charge in [-0.1, -0.05) is 28.1 Å². The van der Waals surface area contributed by atoms with Crippen LogP contribution in [0, 0.1) is 6.92 Å². The molecule has 1 aromatic rings. The van der Waals surface area contributed by atoms with Gasteiger partial charge in [-0.05, 0) is 43.4 Å². The van der Waals surface area contributed by atoms with E-state index in [1.165, 1.54) is 4.90 Å². The van der Waals surface area contributed by atoms with Crippen molar-refractivity contribution in [1.82, 2.24) is 4.90 Å². The Hall–Kier alpha value is -1.40. The smallest absolute Gasteiger partial charge is 0.323 e. The van der Waals surface area contributed by atoms with E-state index in [2.05, 4.69) is 15.9 Å². The molecule has 23 heavy (non-hydrogen) atoms. The predicted molar refractivity (Wildman–Crippen MR) is 90.4 cm³/mol. The van der Waals surface area contributed by atoms with Crippen LogP contribution >= 0.6 is 15.9 Å². The molecular formula is C17H22BrNO4. The van der Waals surface area contributed by atoms with E-state index in [9.17, 15) is 9.59 Å². The van der Waals surface area contributed by atoms with Crippen molar-refractivity contribution in [3.05, 3.63) is 33.8 Å². The molecule has 1 N–H and O–H groups in total. The van der Waals surface area contributed by atoms with Crippen LogP contribution < -0.4 is 0 Å². The second-order valence-electron chi connectivity index (χ2n) is 5.89. The Morgan fingerprint density at radius 3 is 2.83 bits per heavy atom. The number of rotatable bonds is 7. The molecule has 1 heterocycles. The Balaban J connectivity index is 1.92. The molecule has 0 spiro atoms. The van der Waals surface area contributed by atoms with Crippen LogP contribution in [0.3, 0.4) is 0 Å². The van der Waals surface area contributed by atoms with Crippen LogP contribution in [0.25, 0.3) is 0 Å². The molecule has 1 aliphatic heterocycles. The maximum atomic E-state index is 12.4. The summed E-state index contributed by atoms with van der Waals surface area (Å²) in [4.78, 5) is 24.8. The summed E-state index contributed by atoms with van der Waals surface area (Å²) in [6.07, 6.45) is 2.73. The molecule has 1 aliphatic rings. The van der Waals surface area contributed by atoms with Gasteiger partial charge in [0.2, 0.25) is 5.91 Å². The van der Waals surface area contributed by atoms with Crippen LogP contribution in [-0.2, 0) is 20.7 Å². The van der Waals surface area contributed by atoms with E-state index in [0.29, 0.717) is 26.0 Å². The summed E-state index contributed by atoms with van der Waals surface area (Å²) in [5, 5.41) is 9.02. The van der Waals surface area contributed by atoms with Crippen molar-refractivity contribution >= 4 is 27.8 Å². The van der Waals surface area contributed by atoms with Crippen molar-refractivity contribution < 1.29 is 19.4 Å². The zero-order valence-electron chi connectivity index (χ0n) is 13.3. The molecule has 1 saturated heterocycles. The molecule has 0 unspecified atom stereocenters. The van der Waals surface area contributed by atoms with Gasteiger partial charge in [0.15, 0.2) is 0 Å². The molecule has 1 aromatic carbocycles. The highest BCUT2D eigenvalue weighted by molar-refractivity contribution is 9.10. The van der Waals surface area contributed by atoms with Gasteiger partial charge in [-0.15, -0.1) is 0 Å². The van der Waals surface area contributed by atoms with Gasteiger partial charge >= 0.3 is 5.97 Å². The van der Waals surface area contributed by atoms with Crippen molar-refractivity contribution in [2.75, 3.05) is 19.7 Å². The number of halogens is 1. The Bertz CT molecular complexity index is 570. The number of ether oxygens (including phenoxy) is 1. The lowest BCUT2D eigenvalue weighted by atomic mass is 10.1. The number of hydrogen-bond acceptors (Lipinski definition) is 3. The Labute approximate surface area is 144 Å². The maximum Gasteiger partial charge on any atom is 0.323 e. The summed E-state index contributed by atoms with van der Waals surface area (Å²) in [6.45, 7) is 2.80. The zero-order chi connectivity index (χ0) is 16.8. The second kappa shape index (κ2) is 8.45. The third kappa shape index (κ3) is 5.62. The first kappa shape index (κ1) is 17.9. The molecule has 6 heteroatoms. The Kier molecular flexibility index (Phi) is 6.59. The number of carbonyl (C=O) groups is 2. The Morgan fingerprint density at radius 1 is 1.43 bits per heavy atom. The summed E-state index contributed by atoms with van der Waals surface area (Å²) in [6, 6.07) is 5.99. The van der Waals surface area contributed by atoms with E-state index in [1.807, 2.05) is 25.1 Å². The van der Waals surface area contributed by atoms with Gasteiger partial charge in [-0.3, -0.25) is 9.59 Å². The molecule has 0 aromatic heterocycles. The van der Waals surface area contributed by atoms with Crippen molar-refractivity contribution in [2.24, 2.45) is 0 Å². The molecule has 0 saturated carbocycles. The molecule has 1 atom stereocenters. The van der Waals surface area contributed by atoms with E-state index < -0.39 is 5.97 Å².